The van der Waals surface area contributed by atoms with E-state index >= 15 is 0 Å². The Morgan fingerprint density at radius 2 is 2.29 bits per heavy atom. The van der Waals surface area contributed by atoms with Crippen LogP contribution >= 0.6 is 0 Å². The van der Waals surface area contributed by atoms with E-state index in [0.29, 0.717) is 17.5 Å². The number of rotatable bonds is 3. The van der Waals surface area contributed by atoms with Crippen molar-refractivity contribution in [3.8, 4) is 5.75 Å². The van der Waals surface area contributed by atoms with Crippen molar-refractivity contribution in [1.29, 1.82) is 0 Å². The SMILES string of the molecule is C/C=C(\Oc1cccnc1N)C(C)C. The molecule has 0 fully saturated rings. The summed E-state index contributed by atoms with van der Waals surface area (Å²) in [5.74, 6) is 2.30. The number of ether oxygens (including phenoxy) is 1. The first kappa shape index (κ1) is 10.6. The normalized spacial score (nSPS) is 11.9. The summed E-state index contributed by atoms with van der Waals surface area (Å²) >= 11 is 0. The van der Waals surface area contributed by atoms with Gasteiger partial charge in [-0.2, -0.15) is 0 Å². The van der Waals surface area contributed by atoms with Crippen molar-refractivity contribution in [3.63, 3.8) is 0 Å². The molecule has 0 bridgehead atoms. The van der Waals surface area contributed by atoms with Crippen LogP contribution in [-0.4, -0.2) is 4.98 Å². The highest BCUT2D eigenvalue weighted by Crippen LogP contribution is 2.22. The van der Waals surface area contributed by atoms with E-state index in [0.717, 1.165) is 5.76 Å². The van der Waals surface area contributed by atoms with Crippen molar-refractivity contribution in [1.82, 2.24) is 4.98 Å². The smallest absolute Gasteiger partial charge is 0.168 e. The zero-order valence-corrected chi connectivity index (χ0v) is 8.82. The number of nitrogen functional groups attached to an aromatic ring is 1. The van der Waals surface area contributed by atoms with Gasteiger partial charge in [0.15, 0.2) is 11.6 Å². The van der Waals surface area contributed by atoms with Gasteiger partial charge in [-0.25, -0.2) is 4.98 Å². The molecule has 1 rings (SSSR count). The number of nitrogens with zero attached hydrogens (tertiary/aromatic N) is 1. The second-order valence-electron chi connectivity index (χ2n) is 3.33. The maximum atomic E-state index is 5.66. The second kappa shape index (κ2) is 4.65. The number of pyridine rings is 1. The van der Waals surface area contributed by atoms with Crippen LogP contribution in [-0.2, 0) is 0 Å². The number of anilines is 1. The molecule has 0 amide bonds. The molecule has 1 heterocycles. The van der Waals surface area contributed by atoms with E-state index in [1.54, 1.807) is 12.3 Å². The molecule has 76 valence electrons. The molecule has 1 aromatic rings. The van der Waals surface area contributed by atoms with Gasteiger partial charge >= 0.3 is 0 Å². The molecule has 0 aliphatic heterocycles. The van der Waals surface area contributed by atoms with Gasteiger partial charge in [0, 0.05) is 12.1 Å². The quantitative estimate of drug-likeness (QED) is 0.749. The van der Waals surface area contributed by atoms with Crippen LogP contribution in [0.3, 0.4) is 0 Å². The fourth-order valence-corrected chi connectivity index (χ4v) is 1.13. The fourth-order valence-electron chi connectivity index (χ4n) is 1.13. The molecule has 1 aromatic heterocycles. The molecule has 14 heavy (non-hydrogen) atoms. The number of hydrogen-bond donors (Lipinski definition) is 1. The molecule has 0 aliphatic rings. The summed E-state index contributed by atoms with van der Waals surface area (Å²) in [7, 11) is 0. The standard InChI is InChI=1S/C11H16N2O/c1-4-9(8(2)3)14-10-6-5-7-13-11(10)12/h4-8H,1-3H3,(H2,12,13)/b9-4-. The van der Waals surface area contributed by atoms with Crippen molar-refractivity contribution >= 4 is 5.82 Å². The third-order valence-corrected chi connectivity index (χ3v) is 1.88. The number of allylic oxidation sites excluding steroid dienone is 2. The first-order valence-corrected chi connectivity index (χ1v) is 4.69. The van der Waals surface area contributed by atoms with Crippen molar-refractivity contribution in [2.75, 3.05) is 5.73 Å². The lowest BCUT2D eigenvalue weighted by atomic mass is 10.2. The molecule has 0 atom stereocenters. The Morgan fingerprint density at radius 3 is 2.79 bits per heavy atom. The second-order valence-corrected chi connectivity index (χ2v) is 3.33. The first-order chi connectivity index (χ1) is 6.65. The lowest BCUT2D eigenvalue weighted by Crippen LogP contribution is -2.04. The predicted molar refractivity (Wildman–Crippen MR) is 57.9 cm³/mol. The molecule has 0 spiro atoms. The number of aromatic nitrogens is 1. The average Bonchev–Trinajstić information content (AvgIpc) is 2.16. The summed E-state index contributed by atoms with van der Waals surface area (Å²) in [5, 5.41) is 0. The maximum absolute atomic E-state index is 5.66. The number of nitrogens with two attached hydrogens (primary N) is 1. The summed E-state index contributed by atoms with van der Waals surface area (Å²) in [6.45, 7) is 6.09. The van der Waals surface area contributed by atoms with Crippen molar-refractivity contribution in [3.05, 3.63) is 30.2 Å². The maximum Gasteiger partial charge on any atom is 0.168 e. The van der Waals surface area contributed by atoms with Crippen LogP contribution in [0.1, 0.15) is 20.8 Å². The molecule has 0 aromatic carbocycles. The zero-order valence-electron chi connectivity index (χ0n) is 8.82. The molecular weight excluding hydrogens is 176 g/mol. The van der Waals surface area contributed by atoms with E-state index in [1.165, 1.54) is 0 Å². The topological polar surface area (TPSA) is 48.1 Å². The van der Waals surface area contributed by atoms with Crippen LogP contribution in [0.5, 0.6) is 5.75 Å². The van der Waals surface area contributed by atoms with Crippen LogP contribution < -0.4 is 10.5 Å². The van der Waals surface area contributed by atoms with Gasteiger partial charge in [0.05, 0.1) is 0 Å². The van der Waals surface area contributed by atoms with Crippen molar-refractivity contribution in [2.45, 2.75) is 20.8 Å². The van der Waals surface area contributed by atoms with Gasteiger partial charge in [0.1, 0.15) is 5.76 Å². The predicted octanol–water partition coefficient (Wildman–Crippen LogP) is 2.60. The molecule has 0 radical (unpaired) electrons. The third-order valence-electron chi connectivity index (χ3n) is 1.88. The van der Waals surface area contributed by atoms with Crippen molar-refractivity contribution in [2.24, 2.45) is 5.92 Å². The van der Waals surface area contributed by atoms with Gasteiger partial charge in [-0.05, 0) is 25.1 Å². The average molecular weight is 192 g/mol. The summed E-state index contributed by atoms with van der Waals surface area (Å²) in [4.78, 5) is 3.95. The Bertz CT molecular complexity index is 332. The molecule has 3 nitrogen and oxygen atoms in total. The third kappa shape index (κ3) is 2.49. The van der Waals surface area contributed by atoms with Crippen LogP contribution in [0.25, 0.3) is 0 Å². The van der Waals surface area contributed by atoms with Crippen LogP contribution in [0.2, 0.25) is 0 Å². The monoisotopic (exact) mass is 192 g/mol. The summed E-state index contributed by atoms with van der Waals surface area (Å²) in [6.07, 6.45) is 3.59. The van der Waals surface area contributed by atoms with E-state index in [9.17, 15) is 0 Å². The highest BCUT2D eigenvalue weighted by molar-refractivity contribution is 5.45. The zero-order chi connectivity index (χ0) is 10.6. The van der Waals surface area contributed by atoms with Crippen LogP contribution in [0.4, 0.5) is 5.82 Å². The minimum atomic E-state index is 0.347. The highest BCUT2D eigenvalue weighted by Gasteiger charge is 2.07. The Morgan fingerprint density at radius 1 is 1.57 bits per heavy atom. The first-order valence-electron chi connectivity index (χ1n) is 4.69. The van der Waals surface area contributed by atoms with Gasteiger partial charge in [0.25, 0.3) is 0 Å². The highest BCUT2D eigenvalue weighted by atomic mass is 16.5. The van der Waals surface area contributed by atoms with Gasteiger partial charge in [-0.1, -0.05) is 13.8 Å². The Hall–Kier alpha value is -1.51. The molecule has 3 heteroatoms. The molecular formula is C11H16N2O. The van der Waals surface area contributed by atoms with Crippen LogP contribution in [0, 0.1) is 5.92 Å². The minimum absolute atomic E-state index is 0.347. The van der Waals surface area contributed by atoms with Crippen LogP contribution in [0.15, 0.2) is 30.2 Å². The Balaban J connectivity index is 2.83. The van der Waals surface area contributed by atoms with Gasteiger partial charge < -0.3 is 10.5 Å². The lowest BCUT2D eigenvalue weighted by molar-refractivity contribution is 0.368. The van der Waals surface area contributed by atoms with E-state index in [-0.39, 0.29) is 0 Å². The molecule has 0 saturated carbocycles. The van der Waals surface area contributed by atoms with E-state index in [4.69, 9.17) is 10.5 Å². The van der Waals surface area contributed by atoms with E-state index < -0.39 is 0 Å². The summed E-state index contributed by atoms with van der Waals surface area (Å²) < 4.78 is 5.63. The van der Waals surface area contributed by atoms with E-state index in [2.05, 4.69) is 18.8 Å². The molecule has 0 aliphatic carbocycles. The van der Waals surface area contributed by atoms with Gasteiger partial charge in [-0.15, -0.1) is 0 Å². The summed E-state index contributed by atoms with van der Waals surface area (Å²) in [6, 6.07) is 3.62. The summed E-state index contributed by atoms with van der Waals surface area (Å²) in [5.41, 5.74) is 5.66. The Labute approximate surface area is 84.6 Å². The lowest BCUT2D eigenvalue weighted by Gasteiger charge is -2.13. The van der Waals surface area contributed by atoms with E-state index in [1.807, 2.05) is 19.1 Å². The molecule has 2 N–H and O–H groups in total. The van der Waals surface area contributed by atoms with Gasteiger partial charge in [-0.3, -0.25) is 0 Å². The molecule has 0 unspecified atom stereocenters. The molecule has 0 saturated heterocycles. The minimum Gasteiger partial charge on any atom is -0.458 e. The fraction of sp³-hybridized carbons (Fsp3) is 0.364. The Kier molecular flexibility index (Phi) is 3.51. The van der Waals surface area contributed by atoms with Crippen molar-refractivity contribution < 1.29 is 4.74 Å². The largest absolute Gasteiger partial charge is 0.458 e. The van der Waals surface area contributed by atoms with Gasteiger partial charge in [0.2, 0.25) is 0 Å². The number of hydrogen-bond acceptors (Lipinski definition) is 3.